The van der Waals surface area contributed by atoms with Crippen molar-refractivity contribution >= 4 is 28.6 Å². The van der Waals surface area contributed by atoms with Gasteiger partial charge in [-0.15, -0.1) is 0 Å². The molecule has 138 valence electrons. The fourth-order valence-electron chi connectivity index (χ4n) is 2.69. The molecule has 3 aromatic rings. The summed E-state index contributed by atoms with van der Waals surface area (Å²) in [6.45, 7) is 2.60. The van der Waals surface area contributed by atoms with Crippen LogP contribution in [-0.4, -0.2) is 61.9 Å². The minimum atomic E-state index is -0.324. The third-order valence-electron chi connectivity index (χ3n) is 3.74. The number of esters is 1. The van der Waals surface area contributed by atoms with E-state index in [1.54, 1.807) is 18.6 Å². The molecule has 1 N–H and O–H groups in total. The number of fused-ring (bicyclic) bond motifs is 1. The van der Waals surface area contributed by atoms with E-state index < -0.39 is 0 Å². The van der Waals surface area contributed by atoms with Gasteiger partial charge in [0.25, 0.3) is 0 Å². The van der Waals surface area contributed by atoms with Crippen molar-refractivity contribution in [1.29, 1.82) is 0 Å². The van der Waals surface area contributed by atoms with Crippen molar-refractivity contribution in [1.82, 2.24) is 29.2 Å². The fraction of sp³-hybridized carbons (Fsp3) is 0.412. The van der Waals surface area contributed by atoms with Gasteiger partial charge in [0.1, 0.15) is 18.3 Å². The summed E-state index contributed by atoms with van der Waals surface area (Å²) in [7, 11) is 5.80. The second-order valence-corrected chi connectivity index (χ2v) is 6.51. The molecule has 1 unspecified atom stereocenters. The van der Waals surface area contributed by atoms with Crippen molar-refractivity contribution in [2.45, 2.75) is 19.6 Å². The standard InChI is InChI=1S/C17H23N7O2/c1-12(9-22(2)3)26-15(25)11-24-10-14(8-19-24)20-17-18-7-13-5-6-23(4)16(13)21-17/h5-8,10,12H,9,11H2,1-4H3,(H,18,20,21). The van der Waals surface area contributed by atoms with Gasteiger partial charge in [-0.2, -0.15) is 10.1 Å². The number of hydrogen-bond acceptors (Lipinski definition) is 7. The third-order valence-corrected chi connectivity index (χ3v) is 3.74. The molecule has 1 atom stereocenters. The number of aryl methyl sites for hydroxylation is 1. The Kier molecular flexibility index (Phi) is 5.17. The van der Waals surface area contributed by atoms with Crippen molar-refractivity contribution < 1.29 is 9.53 Å². The van der Waals surface area contributed by atoms with Gasteiger partial charge in [0, 0.05) is 37.6 Å². The lowest BCUT2D eigenvalue weighted by molar-refractivity contribution is -0.149. The van der Waals surface area contributed by atoms with Gasteiger partial charge < -0.3 is 19.5 Å². The predicted molar refractivity (Wildman–Crippen MR) is 98.1 cm³/mol. The van der Waals surface area contributed by atoms with Crippen LogP contribution in [0.4, 0.5) is 11.6 Å². The van der Waals surface area contributed by atoms with Gasteiger partial charge in [0.15, 0.2) is 0 Å². The first kappa shape index (κ1) is 17.9. The number of nitrogens with zero attached hydrogens (tertiary/aromatic N) is 6. The highest BCUT2D eigenvalue weighted by molar-refractivity contribution is 5.76. The van der Waals surface area contributed by atoms with E-state index in [2.05, 4.69) is 20.4 Å². The number of aromatic nitrogens is 5. The molecule has 0 radical (unpaired) electrons. The molecule has 0 saturated heterocycles. The number of nitrogens with one attached hydrogen (secondary N) is 1. The monoisotopic (exact) mass is 357 g/mol. The van der Waals surface area contributed by atoms with Gasteiger partial charge in [-0.1, -0.05) is 0 Å². The second kappa shape index (κ2) is 7.52. The highest BCUT2D eigenvalue weighted by Crippen LogP contribution is 2.16. The summed E-state index contributed by atoms with van der Waals surface area (Å²) >= 11 is 0. The van der Waals surface area contributed by atoms with E-state index in [0.29, 0.717) is 18.2 Å². The van der Waals surface area contributed by atoms with Crippen LogP contribution in [0, 0.1) is 0 Å². The first-order chi connectivity index (χ1) is 12.4. The summed E-state index contributed by atoms with van der Waals surface area (Å²) in [5, 5.41) is 8.24. The molecule has 9 heteroatoms. The van der Waals surface area contributed by atoms with Crippen LogP contribution in [0.15, 0.2) is 30.9 Å². The summed E-state index contributed by atoms with van der Waals surface area (Å²) in [5.74, 6) is 0.150. The zero-order valence-corrected chi connectivity index (χ0v) is 15.4. The molecule has 0 bridgehead atoms. The first-order valence-electron chi connectivity index (χ1n) is 8.32. The van der Waals surface area contributed by atoms with E-state index >= 15 is 0 Å². The molecule has 26 heavy (non-hydrogen) atoms. The molecule has 0 aliphatic rings. The van der Waals surface area contributed by atoms with Crippen molar-refractivity contribution in [2.24, 2.45) is 7.05 Å². The zero-order chi connectivity index (χ0) is 18.7. The quantitative estimate of drug-likeness (QED) is 0.639. The Bertz CT molecular complexity index is 900. The van der Waals surface area contributed by atoms with Crippen LogP contribution >= 0.6 is 0 Å². The van der Waals surface area contributed by atoms with E-state index in [4.69, 9.17) is 4.74 Å². The maximum Gasteiger partial charge on any atom is 0.328 e. The van der Waals surface area contributed by atoms with Crippen LogP contribution in [0.25, 0.3) is 11.0 Å². The van der Waals surface area contributed by atoms with E-state index in [1.165, 1.54) is 4.68 Å². The Labute approximate surface area is 151 Å². The summed E-state index contributed by atoms with van der Waals surface area (Å²) in [6, 6.07) is 1.96. The Morgan fingerprint density at radius 1 is 1.38 bits per heavy atom. The number of carbonyl (C=O) groups is 1. The third kappa shape index (κ3) is 4.37. The van der Waals surface area contributed by atoms with E-state index in [-0.39, 0.29) is 18.6 Å². The topological polar surface area (TPSA) is 90.1 Å². The Morgan fingerprint density at radius 2 is 2.19 bits per heavy atom. The molecule has 0 spiro atoms. The molecule has 0 saturated carbocycles. The summed E-state index contributed by atoms with van der Waals surface area (Å²) in [4.78, 5) is 22.7. The molecule has 3 heterocycles. The maximum absolute atomic E-state index is 12.0. The Morgan fingerprint density at radius 3 is 2.96 bits per heavy atom. The van der Waals surface area contributed by atoms with Gasteiger partial charge in [0.2, 0.25) is 5.95 Å². The van der Waals surface area contributed by atoms with Gasteiger partial charge in [0.05, 0.1) is 11.9 Å². The number of likely N-dealkylation sites (N-methyl/N-ethyl adjacent to an activating group) is 1. The molecular formula is C17H23N7O2. The average molecular weight is 357 g/mol. The number of rotatable bonds is 7. The van der Waals surface area contributed by atoms with Crippen LogP contribution in [0.2, 0.25) is 0 Å². The molecule has 0 fully saturated rings. The molecule has 3 aromatic heterocycles. The number of ether oxygens (including phenoxy) is 1. The lowest BCUT2D eigenvalue weighted by Crippen LogP contribution is -2.29. The highest BCUT2D eigenvalue weighted by atomic mass is 16.5. The van der Waals surface area contributed by atoms with Gasteiger partial charge in [-0.05, 0) is 27.1 Å². The van der Waals surface area contributed by atoms with E-state index in [9.17, 15) is 4.79 Å². The molecular weight excluding hydrogens is 334 g/mol. The number of carbonyl (C=O) groups excluding carboxylic acids is 1. The highest BCUT2D eigenvalue weighted by Gasteiger charge is 2.12. The SMILES string of the molecule is CC(CN(C)C)OC(=O)Cn1cc(Nc2ncc3ccn(C)c3n2)cn1. The second-order valence-electron chi connectivity index (χ2n) is 6.51. The molecule has 3 rings (SSSR count). The Hall–Kier alpha value is -2.94. The summed E-state index contributed by atoms with van der Waals surface area (Å²) in [6.07, 6.45) is 6.87. The van der Waals surface area contributed by atoms with Crippen LogP contribution in [0.3, 0.4) is 0 Å². The lowest BCUT2D eigenvalue weighted by atomic mass is 10.4. The van der Waals surface area contributed by atoms with Gasteiger partial charge >= 0.3 is 5.97 Å². The van der Waals surface area contributed by atoms with Crippen molar-refractivity contribution in [3.8, 4) is 0 Å². The molecule has 0 aromatic carbocycles. The average Bonchev–Trinajstić information content (AvgIpc) is 3.13. The van der Waals surface area contributed by atoms with E-state index in [1.807, 2.05) is 49.8 Å². The predicted octanol–water partition coefficient (Wildman–Crippen LogP) is 1.40. The summed E-state index contributed by atoms with van der Waals surface area (Å²) in [5.41, 5.74) is 1.54. The first-order valence-corrected chi connectivity index (χ1v) is 8.32. The molecule has 9 nitrogen and oxygen atoms in total. The van der Waals surface area contributed by atoms with Crippen LogP contribution < -0.4 is 5.32 Å². The number of hydrogen-bond donors (Lipinski definition) is 1. The fourth-order valence-corrected chi connectivity index (χ4v) is 2.69. The summed E-state index contributed by atoms with van der Waals surface area (Å²) < 4.78 is 8.80. The molecule has 0 aliphatic heterocycles. The lowest BCUT2D eigenvalue weighted by Gasteiger charge is -2.17. The smallest absolute Gasteiger partial charge is 0.328 e. The van der Waals surface area contributed by atoms with E-state index in [0.717, 1.165) is 11.0 Å². The maximum atomic E-state index is 12.0. The van der Waals surface area contributed by atoms with Crippen molar-refractivity contribution in [3.63, 3.8) is 0 Å². The van der Waals surface area contributed by atoms with Crippen LogP contribution in [0.5, 0.6) is 0 Å². The Balaban J connectivity index is 1.60. The van der Waals surface area contributed by atoms with Crippen molar-refractivity contribution in [2.75, 3.05) is 26.0 Å². The van der Waals surface area contributed by atoms with Gasteiger partial charge in [-0.3, -0.25) is 9.48 Å². The number of anilines is 2. The molecule has 0 aliphatic carbocycles. The van der Waals surface area contributed by atoms with Crippen LogP contribution in [-0.2, 0) is 23.1 Å². The van der Waals surface area contributed by atoms with Crippen LogP contribution in [0.1, 0.15) is 6.92 Å². The van der Waals surface area contributed by atoms with Crippen molar-refractivity contribution in [3.05, 3.63) is 30.9 Å². The van der Waals surface area contributed by atoms with Gasteiger partial charge in [-0.25, -0.2) is 4.98 Å². The minimum absolute atomic E-state index is 0.0527. The zero-order valence-electron chi connectivity index (χ0n) is 15.4. The molecule has 0 amide bonds. The minimum Gasteiger partial charge on any atom is -0.460 e. The largest absolute Gasteiger partial charge is 0.460 e. The normalized spacial score (nSPS) is 12.5.